The van der Waals surface area contributed by atoms with E-state index in [0.29, 0.717) is 5.75 Å². The lowest BCUT2D eigenvalue weighted by molar-refractivity contribution is -0.113. The topological polar surface area (TPSA) is 29.1 Å². The number of halogens is 3. The summed E-state index contributed by atoms with van der Waals surface area (Å²) in [5.74, 6) is -0.913. The molecule has 0 heterocycles. The average Bonchev–Trinajstić information content (AvgIpc) is 2.44. The van der Waals surface area contributed by atoms with Crippen molar-refractivity contribution in [1.82, 2.24) is 0 Å². The van der Waals surface area contributed by atoms with Gasteiger partial charge >= 0.3 is 0 Å². The molecular weight excluding hydrogens is 360 g/mol. The van der Waals surface area contributed by atoms with E-state index in [1.807, 2.05) is 24.3 Å². The lowest BCUT2D eigenvalue weighted by atomic mass is 10.2. The molecule has 0 unspecified atom stereocenters. The summed E-state index contributed by atoms with van der Waals surface area (Å²) < 4.78 is 27.1. The van der Waals surface area contributed by atoms with E-state index in [0.717, 1.165) is 22.2 Å². The summed E-state index contributed by atoms with van der Waals surface area (Å²) in [5.41, 5.74) is 1.08. The van der Waals surface area contributed by atoms with Crippen LogP contribution in [0.15, 0.2) is 46.9 Å². The van der Waals surface area contributed by atoms with Gasteiger partial charge in [0.15, 0.2) is 0 Å². The first-order valence-electron chi connectivity index (χ1n) is 6.12. The van der Waals surface area contributed by atoms with Gasteiger partial charge in [0.05, 0.1) is 11.4 Å². The van der Waals surface area contributed by atoms with Crippen LogP contribution in [0.5, 0.6) is 0 Å². The molecule has 0 aliphatic heterocycles. The van der Waals surface area contributed by atoms with Crippen molar-refractivity contribution in [2.24, 2.45) is 0 Å². The lowest BCUT2D eigenvalue weighted by Crippen LogP contribution is -2.15. The van der Waals surface area contributed by atoms with Crippen LogP contribution in [0.4, 0.5) is 14.5 Å². The van der Waals surface area contributed by atoms with Gasteiger partial charge in [-0.25, -0.2) is 8.78 Å². The number of rotatable bonds is 5. The zero-order chi connectivity index (χ0) is 15.2. The molecule has 21 heavy (non-hydrogen) atoms. The van der Waals surface area contributed by atoms with Crippen LogP contribution in [0.25, 0.3) is 0 Å². The Bertz CT molecular complexity index is 651. The second kappa shape index (κ2) is 7.56. The Morgan fingerprint density at radius 1 is 1.19 bits per heavy atom. The Balaban J connectivity index is 1.84. The van der Waals surface area contributed by atoms with Gasteiger partial charge in [-0.1, -0.05) is 34.1 Å². The highest BCUT2D eigenvalue weighted by Gasteiger charge is 2.08. The van der Waals surface area contributed by atoms with Gasteiger partial charge in [-0.15, -0.1) is 11.8 Å². The maximum absolute atomic E-state index is 13.4. The summed E-state index contributed by atoms with van der Waals surface area (Å²) in [6.45, 7) is 0. The van der Waals surface area contributed by atoms with Crippen molar-refractivity contribution in [2.45, 2.75) is 5.75 Å². The Morgan fingerprint density at radius 2 is 1.95 bits per heavy atom. The summed E-state index contributed by atoms with van der Waals surface area (Å²) in [4.78, 5) is 11.7. The largest absolute Gasteiger partial charge is 0.323 e. The van der Waals surface area contributed by atoms with Crippen LogP contribution in [0.2, 0.25) is 0 Å². The molecule has 110 valence electrons. The molecule has 0 saturated carbocycles. The molecule has 0 aromatic heterocycles. The van der Waals surface area contributed by atoms with Crippen LogP contribution in [-0.4, -0.2) is 11.7 Å². The van der Waals surface area contributed by atoms with E-state index >= 15 is 0 Å². The standard InChI is InChI=1S/C15H12BrF2NOS/c16-12-4-2-1-3-10(12)8-21-9-15(20)19-14-6-5-11(17)7-13(14)18/h1-7H,8-9H2,(H,19,20). The van der Waals surface area contributed by atoms with E-state index in [9.17, 15) is 13.6 Å². The number of nitrogens with one attached hydrogen (secondary N) is 1. The van der Waals surface area contributed by atoms with E-state index in [1.165, 1.54) is 17.8 Å². The molecular formula is C15H12BrF2NOS. The number of hydrogen-bond donors (Lipinski definition) is 1. The van der Waals surface area contributed by atoms with Gasteiger partial charge in [-0.05, 0) is 23.8 Å². The maximum Gasteiger partial charge on any atom is 0.234 e. The molecule has 0 saturated heterocycles. The van der Waals surface area contributed by atoms with Crippen molar-refractivity contribution in [3.8, 4) is 0 Å². The van der Waals surface area contributed by atoms with Gasteiger partial charge in [-0.2, -0.15) is 0 Å². The first-order chi connectivity index (χ1) is 10.1. The number of thioether (sulfide) groups is 1. The molecule has 1 N–H and O–H groups in total. The molecule has 0 bridgehead atoms. The fraction of sp³-hybridized carbons (Fsp3) is 0.133. The summed E-state index contributed by atoms with van der Waals surface area (Å²) >= 11 is 4.85. The molecule has 0 fully saturated rings. The maximum atomic E-state index is 13.4. The van der Waals surface area contributed by atoms with Crippen molar-refractivity contribution < 1.29 is 13.6 Å². The zero-order valence-corrected chi connectivity index (χ0v) is 13.3. The van der Waals surface area contributed by atoms with E-state index < -0.39 is 11.6 Å². The highest BCUT2D eigenvalue weighted by molar-refractivity contribution is 9.10. The Kier molecular flexibility index (Phi) is 5.76. The third-order valence-corrected chi connectivity index (χ3v) is 4.41. The van der Waals surface area contributed by atoms with Crippen LogP contribution in [-0.2, 0) is 10.5 Å². The van der Waals surface area contributed by atoms with Crippen molar-refractivity contribution in [1.29, 1.82) is 0 Å². The minimum atomic E-state index is -0.779. The third kappa shape index (κ3) is 4.82. The van der Waals surface area contributed by atoms with Crippen LogP contribution in [0.3, 0.4) is 0 Å². The van der Waals surface area contributed by atoms with Gasteiger partial charge in [-0.3, -0.25) is 4.79 Å². The van der Waals surface area contributed by atoms with Crippen molar-refractivity contribution in [2.75, 3.05) is 11.1 Å². The SMILES string of the molecule is O=C(CSCc1ccccc1Br)Nc1ccc(F)cc1F. The van der Waals surface area contributed by atoms with Crippen molar-refractivity contribution in [3.63, 3.8) is 0 Å². The minimum Gasteiger partial charge on any atom is -0.323 e. The number of amides is 1. The summed E-state index contributed by atoms with van der Waals surface area (Å²) in [7, 11) is 0. The Labute approximate surface area is 134 Å². The highest BCUT2D eigenvalue weighted by atomic mass is 79.9. The smallest absolute Gasteiger partial charge is 0.234 e. The lowest BCUT2D eigenvalue weighted by Gasteiger charge is -2.07. The fourth-order valence-corrected chi connectivity index (χ4v) is 3.09. The zero-order valence-electron chi connectivity index (χ0n) is 10.9. The third-order valence-electron chi connectivity index (χ3n) is 2.65. The molecule has 0 spiro atoms. The second-order valence-electron chi connectivity index (χ2n) is 4.26. The van der Waals surface area contributed by atoms with E-state index in [4.69, 9.17) is 0 Å². The van der Waals surface area contributed by atoms with Crippen molar-refractivity contribution >= 4 is 39.3 Å². The van der Waals surface area contributed by atoms with E-state index in [1.54, 1.807) is 0 Å². The van der Waals surface area contributed by atoms with Gasteiger partial charge in [0.1, 0.15) is 11.6 Å². The minimum absolute atomic E-state index is 0.0112. The molecule has 2 rings (SSSR count). The van der Waals surface area contributed by atoms with Crippen LogP contribution in [0, 0.1) is 11.6 Å². The Hall–Kier alpha value is -1.40. The average molecular weight is 372 g/mol. The second-order valence-corrected chi connectivity index (χ2v) is 6.10. The normalized spacial score (nSPS) is 10.4. The molecule has 0 aliphatic carbocycles. The number of carbonyl (C=O) groups excluding carboxylic acids is 1. The van der Waals surface area contributed by atoms with Gasteiger partial charge in [0, 0.05) is 16.3 Å². The number of carbonyl (C=O) groups is 1. The molecule has 1 amide bonds. The van der Waals surface area contributed by atoms with Gasteiger partial charge < -0.3 is 5.32 Å². The molecule has 0 radical (unpaired) electrons. The molecule has 2 aromatic carbocycles. The molecule has 2 nitrogen and oxygen atoms in total. The van der Waals surface area contributed by atoms with Gasteiger partial charge in [0.2, 0.25) is 5.91 Å². The van der Waals surface area contributed by atoms with Crippen LogP contribution >= 0.6 is 27.7 Å². The predicted molar refractivity (Wildman–Crippen MR) is 85.3 cm³/mol. The summed E-state index contributed by atoms with van der Waals surface area (Å²) in [6, 6.07) is 10.8. The highest BCUT2D eigenvalue weighted by Crippen LogP contribution is 2.21. The molecule has 0 atom stereocenters. The first kappa shape index (κ1) is 16.0. The number of benzene rings is 2. The number of anilines is 1. The van der Waals surface area contributed by atoms with Crippen molar-refractivity contribution in [3.05, 3.63) is 64.1 Å². The Morgan fingerprint density at radius 3 is 2.67 bits per heavy atom. The fourth-order valence-electron chi connectivity index (χ4n) is 1.65. The molecule has 6 heteroatoms. The van der Waals surface area contributed by atoms with Gasteiger partial charge in [0.25, 0.3) is 0 Å². The molecule has 0 aliphatic rings. The first-order valence-corrected chi connectivity index (χ1v) is 8.07. The summed E-state index contributed by atoms with van der Waals surface area (Å²) in [6.07, 6.45) is 0. The van der Waals surface area contributed by atoms with E-state index in [-0.39, 0.29) is 17.3 Å². The van der Waals surface area contributed by atoms with E-state index in [2.05, 4.69) is 21.2 Å². The molecule has 2 aromatic rings. The quantitative estimate of drug-likeness (QED) is 0.831. The predicted octanol–water partition coefficient (Wildman–Crippen LogP) is 4.60. The monoisotopic (exact) mass is 371 g/mol. The summed E-state index contributed by atoms with van der Waals surface area (Å²) in [5, 5.41) is 2.43. The van der Waals surface area contributed by atoms with Crippen LogP contribution in [0.1, 0.15) is 5.56 Å². The number of hydrogen-bond acceptors (Lipinski definition) is 2. The van der Waals surface area contributed by atoms with Crippen LogP contribution < -0.4 is 5.32 Å².